The van der Waals surface area contributed by atoms with E-state index in [1.54, 1.807) is 0 Å². The fourth-order valence-corrected chi connectivity index (χ4v) is 4.05. The van der Waals surface area contributed by atoms with E-state index in [-0.39, 0.29) is 11.8 Å². The topological polar surface area (TPSA) is 46.3 Å². The lowest BCUT2D eigenvalue weighted by Gasteiger charge is -2.43. The van der Waals surface area contributed by atoms with Gasteiger partial charge >= 0.3 is 0 Å². The lowest BCUT2D eigenvalue weighted by Crippen LogP contribution is -2.53. The molecule has 2 atom stereocenters. The number of fused-ring (bicyclic) bond motifs is 4. The summed E-state index contributed by atoms with van der Waals surface area (Å²) in [7, 11) is 0. The molecule has 3 nitrogen and oxygen atoms in total. The number of rotatable bonds is 3. The maximum Gasteiger partial charge on any atom is 0.230 e. The third-order valence-electron chi connectivity index (χ3n) is 5.01. The summed E-state index contributed by atoms with van der Waals surface area (Å²) < 4.78 is 0. The van der Waals surface area contributed by atoms with Crippen LogP contribution in [-0.2, 0) is 16.8 Å². The third-order valence-corrected chi connectivity index (χ3v) is 5.01. The minimum atomic E-state index is -0.467. The first-order valence-corrected chi connectivity index (χ1v) is 7.37. The minimum Gasteiger partial charge on any atom is -0.369 e. The standard InChI is InChI=1S/C18H18N2O/c19-17(21)18-12-20(10-13-6-2-1-3-7-13)11-16(18)14-8-4-5-9-15(14)18/h1-9,16H,10-12H2,(H2,19,21)/t16-,18-/m1/s1. The smallest absolute Gasteiger partial charge is 0.230 e. The van der Waals surface area contributed by atoms with Crippen LogP contribution >= 0.6 is 0 Å². The van der Waals surface area contributed by atoms with Crippen LogP contribution in [0, 0.1) is 0 Å². The molecule has 106 valence electrons. The predicted octanol–water partition coefficient (Wildman–Crippen LogP) is 2.02. The van der Waals surface area contributed by atoms with E-state index < -0.39 is 5.41 Å². The van der Waals surface area contributed by atoms with E-state index in [0.717, 1.165) is 25.2 Å². The number of carbonyl (C=O) groups excluding carboxylic acids is 1. The van der Waals surface area contributed by atoms with Gasteiger partial charge in [0.1, 0.15) is 0 Å². The van der Waals surface area contributed by atoms with Gasteiger partial charge in [-0.25, -0.2) is 0 Å². The second kappa shape index (κ2) is 4.43. The molecule has 1 aliphatic carbocycles. The van der Waals surface area contributed by atoms with E-state index in [2.05, 4.69) is 41.3 Å². The fraction of sp³-hybridized carbons (Fsp3) is 0.278. The normalized spacial score (nSPS) is 26.8. The number of likely N-dealkylation sites (tertiary alicyclic amines) is 1. The molecular formula is C18H18N2O. The molecule has 2 N–H and O–H groups in total. The van der Waals surface area contributed by atoms with Crippen molar-refractivity contribution in [3.05, 3.63) is 71.3 Å². The van der Waals surface area contributed by atoms with Gasteiger partial charge in [0.2, 0.25) is 5.91 Å². The number of benzene rings is 2. The molecule has 1 heterocycles. The predicted molar refractivity (Wildman–Crippen MR) is 81.8 cm³/mol. The van der Waals surface area contributed by atoms with Crippen LogP contribution in [0.3, 0.4) is 0 Å². The monoisotopic (exact) mass is 278 g/mol. The largest absolute Gasteiger partial charge is 0.369 e. The van der Waals surface area contributed by atoms with Gasteiger partial charge in [0.15, 0.2) is 0 Å². The van der Waals surface area contributed by atoms with Gasteiger partial charge in [-0.1, -0.05) is 54.6 Å². The first-order chi connectivity index (χ1) is 10.2. The van der Waals surface area contributed by atoms with E-state index in [4.69, 9.17) is 5.73 Å². The quantitative estimate of drug-likeness (QED) is 0.933. The summed E-state index contributed by atoms with van der Waals surface area (Å²) in [6.45, 7) is 2.52. The summed E-state index contributed by atoms with van der Waals surface area (Å²) in [4.78, 5) is 14.5. The second-order valence-electron chi connectivity index (χ2n) is 6.13. The Labute approximate surface area is 124 Å². The van der Waals surface area contributed by atoms with Crippen LogP contribution in [0.15, 0.2) is 54.6 Å². The molecule has 1 saturated heterocycles. The third kappa shape index (κ3) is 1.67. The average molecular weight is 278 g/mol. The molecule has 2 aliphatic rings. The zero-order valence-corrected chi connectivity index (χ0v) is 11.8. The molecule has 0 unspecified atom stereocenters. The number of amides is 1. The van der Waals surface area contributed by atoms with Crippen molar-refractivity contribution in [3.8, 4) is 0 Å². The van der Waals surface area contributed by atoms with Gasteiger partial charge in [0.25, 0.3) is 0 Å². The van der Waals surface area contributed by atoms with Crippen molar-refractivity contribution in [2.24, 2.45) is 5.73 Å². The molecule has 0 saturated carbocycles. The molecule has 21 heavy (non-hydrogen) atoms. The summed E-state index contributed by atoms with van der Waals surface area (Å²) in [6.07, 6.45) is 0. The fourth-order valence-electron chi connectivity index (χ4n) is 4.05. The van der Waals surface area contributed by atoms with Gasteiger partial charge < -0.3 is 5.73 Å². The zero-order valence-electron chi connectivity index (χ0n) is 11.8. The van der Waals surface area contributed by atoms with Crippen molar-refractivity contribution in [3.63, 3.8) is 0 Å². The summed E-state index contributed by atoms with van der Waals surface area (Å²) in [5.74, 6) is 0.0803. The van der Waals surface area contributed by atoms with Crippen LogP contribution in [0.5, 0.6) is 0 Å². The van der Waals surface area contributed by atoms with Crippen molar-refractivity contribution < 1.29 is 4.79 Å². The first-order valence-electron chi connectivity index (χ1n) is 7.37. The van der Waals surface area contributed by atoms with Crippen molar-refractivity contribution in [2.45, 2.75) is 17.9 Å². The van der Waals surface area contributed by atoms with Crippen LogP contribution in [0.2, 0.25) is 0 Å². The van der Waals surface area contributed by atoms with Crippen LogP contribution in [0.1, 0.15) is 22.6 Å². The molecule has 3 heteroatoms. The SMILES string of the molecule is NC(=O)[C@@]12CN(Cc3ccccc3)C[C@@H]1c1ccccc12. The lowest BCUT2D eigenvalue weighted by molar-refractivity contribution is -0.124. The van der Waals surface area contributed by atoms with E-state index in [9.17, 15) is 4.79 Å². The van der Waals surface area contributed by atoms with Crippen molar-refractivity contribution in [1.82, 2.24) is 4.90 Å². The van der Waals surface area contributed by atoms with E-state index in [0.29, 0.717) is 0 Å². The molecule has 2 aromatic carbocycles. The Morgan fingerprint density at radius 3 is 2.62 bits per heavy atom. The Morgan fingerprint density at radius 2 is 1.86 bits per heavy atom. The number of hydrogen-bond acceptors (Lipinski definition) is 2. The van der Waals surface area contributed by atoms with Gasteiger partial charge in [-0.15, -0.1) is 0 Å². The first kappa shape index (κ1) is 12.6. The summed E-state index contributed by atoms with van der Waals surface area (Å²) in [6, 6.07) is 18.6. The molecule has 0 radical (unpaired) electrons. The highest BCUT2D eigenvalue weighted by Gasteiger charge is 2.60. The van der Waals surface area contributed by atoms with Gasteiger partial charge in [-0.3, -0.25) is 9.69 Å². The Bertz CT molecular complexity index is 697. The average Bonchev–Trinajstić information content (AvgIpc) is 2.82. The van der Waals surface area contributed by atoms with Crippen molar-refractivity contribution >= 4 is 5.91 Å². The van der Waals surface area contributed by atoms with Gasteiger partial charge in [-0.2, -0.15) is 0 Å². The van der Waals surface area contributed by atoms with E-state index in [1.807, 2.05) is 18.2 Å². The molecule has 0 spiro atoms. The van der Waals surface area contributed by atoms with Gasteiger partial charge in [0.05, 0.1) is 5.41 Å². The Balaban J connectivity index is 1.64. The van der Waals surface area contributed by atoms with Crippen molar-refractivity contribution in [1.29, 1.82) is 0 Å². The summed E-state index contributed by atoms with van der Waals surface area (Å²) in [5, 5.41) is 0. The molecule has 2 aromatic rings. The molecule has 1 fully saturated rings. The van der Waals surface area contributed by atoms with Crippen LogP contribution in [0.4, 0.5) is 0 Å². The minimum absolute atomic E-state index is 0.179. The number of hydrogen-bond donors (Lipinski definition) is 1. The molecule has 1 aliphatic heterocycles. The second-order valence-corrected chi connectivity index (χ2v) is 6.13. The van der Waals surface area contributed by atoms with Gasteiger partial charge in [-0.05, 0) is 16.7 Å². The molecule has 4 rings (SSSR count). The highest BCUT2D eigenvalue weighted by atomic mass is 16.1. The van der Waals surface area contributed by atoms with Crippen LogP contribution < -0.4 is 5.73 Å². The molecule has 0 aromatic heterocycles. The van der Waals surface area contributed by atoms with Crippen LogP contribution in [-0.4, -0.2) is 23.9 Å². The van der Waals surface area contributed by atoms with E-state index in [1.165, 1.54) is 11.1 Å². The Kier molecular flexibility index (Phi) is 2.66. The highest BCUT2D eigenvalue weighted by molar-refractivity contribution is 5.93. The Hall–Kier alpha value is -2.13. The number of nitrogens with two attached hydrogens (primary N) is 1. The molecule has 1 amide bonds. The van der Waals surface area contributed by atoms with Crippen molar-refractivity contribution in [2.75, 3.05) is 13.1 Å². The summed E-state index contributed by atoms with van der Waals surface area (Å²) >= 11 is 0. The molecular weight excluding hydrogens is 260 g/mol. The Morgan fingerprint density at radius 1 is 1.14 bits per heavy atom. The maximum atomic E-state index is 12.1. The van der Waals surface area contributed by atoms with E-state index >= 15 is 0 Å². The van der Waals surface area contributed by atoms with Gasteiger partial charge in [0, 0.05) is 25.6 Å². The number of primary amides is 1. The zero-order chi connectivity index (χ0) is 14.4. The number of nitrogens with zero attached hydrogens (tertiary/aromatic N) is 1. The molecule has 0 bridgehead atoms. The number of carbonyl (C=O) groups is 1. The maximum absolute atomic E-state index is 12.1. The van der Waals surface area contributed by atoms with Crippen LogP contribution in [0.25, 0.3) is 0 Å². The lowest BCUT2D eigenvalue weighted by atomic mass is 9.57. The summed E-state index contributed by atoms with van der Waals surface area (Å²) in [5.41, 5.74) is 9.03. The highest BCUT2D eigenvalue weighted by Crippen LogP contribution is 2.56.